The van der Waals surface area contributed by atoms with E-state index >= 15 is 0 Å². The lowest BCUT2D eigenvalue weighted by Gasteiger charge is -2.19. The number of carbonyl (C=O) groups excluding carboxylic acids is 3. The summed E-state index contributed by atoms with van der Waals surface area (Å²) in [7, 11) is 1.36. The molecular weight excluding hydrogens is 442 g/mol. The summed E-state index contributed by atoms with van der Waals surface area (Å²) in [4.78, 5) is 49.2. The number of nitrogens with zero attached hydrogens (tertiary/aromatic N) is 2. The van der Waals surface area contributed by atoms with Crippen molar-refractivity contribution in [3.05, 3.63) is 58.1 Å². The number of hydrogen-bond acceptors (Lipinski definition) is 7. The van der Waals surface area contributed by atoms with Crippen LogP contribution >= 0.6 is 0 Å². The molecule has 2 amide bonds. The molecule has 1 atom stereocenters. The van der Waals surface area contributed by atoms with Crippen LogP contribution in [0.1, 0.15) is 43.0 Å². The predicted octanol–water partition coefficient (Wildman–Crippen LogP) is 3.94. The molecule has 0 bridgehead atoms. The molecule has 0 unspecified atom stereocenters. The highest BCUT2D eigenvalue weighted by atomic mass is 16.6. The van der Waals surface area contributed by atoms with Gasteiger partial charge in [-0.05, 0) is 36.8 Å². The monoisotopic (exact) mass is 469 g/mol. The summed E-state index contributed by atoms with van der Waals surface area (Å²) >= 11 is 0. The SMILES string of the molecule is CCCCCOC(=O)c1ccc(NC(=O)[C@H]2CC(=O)N(c3ccc([N+](=O)[O-])cc3OC)C2)cc1. The Morgan fingerprint density at radius 1 is 1.18 bits per heavy atom. The van der Waals surface area contributed by atoms with Crippen molar-refractivity contribution in [1.29, 1.82) is 0 Å². The average Bonchev–Trinajstić information content (AvgIpc) is 3.23. The number of hydrogen-bond donors (Lipinski definition) is 1. The van der Waals surface area contributed by atoms with Gasteiger partial charge in [-0.3, -0.25) is 19.7 Å². The van der Waals surface area contributed by atoms with Crippen molar-refractivity contribution in [2.24, 2.45) is 5.92 Å². The van der Waals surface area contributed by atoms with E-state index in [-0.39, 0.29) is 36.2 Å². The Kier molecular flexibility index (Phi) is 8.18. The maximum absolute atomic E-state index is 12.8. The number of amides is 2. The molecule has 3 rings (SSSR count). The number of esters is 1. The Bertz CT molecular complexity index is 1070. The van der Waals surface area contributed by atoms with Gasteiger partial charge in [0.1, 0.15) is 5.75 Å². The first kappa shape index (κ1) is 24.7. The van der Waals surface area contributed by atoms with E-state index in [1.54, 1.807) is 24.3 Å². The van der Waals surface area contributed by atoms with Gasteiger partial charge in [-0.15, -0.1) is 0 Å². The minimum Gasteiger partial charge on any atom is -0.494 e. The summed E-state index contributed by atoms with van der Waals surface area (Å²) in [5.41, 5.74) is 1.10. The standard InChI is InChI=1S/C24H27N3O7/c1-3-4-5-12-34-24(30)16-6-8-18(9-7-16)25-23(29)17-13-22(28)26(15-17)20-11-10-19(27(31)32)14-21(20)33-2/h6-11,14,17H,3-5,12-13,15H2,1-2H3,(H,25,29)/t17-/m0/s1. The molecule has 1 aliphatic rings. The summed E-state index contributed by atoms with van der Waals surface area (Å²) in [5, 5.41) is 13.8. The van der Waals surface area contributed by atoms with Crippen molar-refractivity contribution in [3.8, 4) is 5.75 Å². The number of nitrogens with one attached hydrogen (secondary N) is 1. The number of non-ortho nitro benzene ring substituents is 1. The largest absolute Gasteiger partial charge is 0.494 e. The third-order valence-electron chi connectivity index (χ3n) is 5.53. The third kappa shape index (κ3) is 5.89. The van der Waals surface area contributed by atoms with Crippen LogP contribution in [0, 0.1) is 16.0 Å². The zero-order chi connectivity index (χ0) is 24.7. The van der Waals surface area contributed by atoms with Crippen molar-refractivity contribution in [1.82, 2.24) is 0 Å². The number of benzene rings is 2. The van der Waals surface area contributed by atoms with E-state index in [9.17, 15) is 24.5 Å². The van der Waals surface area contributed by atoms with Crippen molar-refractivity contribution in [2.75, 3.05) is 30.5 Å². The van der Waals surface area contributed by atoms with Crippen LogP contribution in [-0.4, -0.2) is 43.0 Å². The van der Waals surface area contributed by atoms with Crippen LogP contribution in [0.15, 0.2) is 42.5 Å². The highest BCUT2D eigenvalue weighted by molar-refractivity contribution is 6.04. The van der Waals surface area contributed by atoms with Crippen LogP contribution < -0.4 is 15.0 Å². The molecule has 10 nitrogen and oxygen atoms in total. The molecule has 0 radical (unpaired) electrons. The van der Waals surface area contributed by atoms with Crippen LogP contribution in [0.3, 0.4) is 0 Å². The fourth-order valence-corrected chi connectivity index (χ4v) is 3.65. The van der Waals surface area contributed by atoms with Gasteiger partial charge < -0.3 is 19.7 Å². The molecule has 0 saturated carbocycles. The second kappa shape index (κ2) is 11.3. The molecule has 10 heteroatoms. The van der Waals surface area contributed by atoms with Gasteiger partial charge in [-0.2, -0.15) is 0 Å². The summed E-state index contributed by atoms with van der Waals surface area (Å²) < 4.78 is 10.4. The molecule has 1 heterocycles. The zero-order valence-corrected chi connectivity index (χ0v) is 19.1. The fourth-order valence-electron chi connectivity index (χ4n) is 3.65. The lowest BCUT2D eigenvalue weighted by molar-refractivity contribution is -0.384. The lowest BCUT2D eigenvalue weighted by atomic mass is 10.1. The van der Waals surface area contributed by atoms with Gasteiger partial charge in [0.05, 0.1) is 41.9 Å². The highest BCUT2D eigenvalue weighted by Gasteiger charge is 2.36. The van der Waals surface area contributed by atoms with Gasteiger partial charge in [-0.25, -0.2) is 4.79 Å². The number of anilines is 2. The zero-order valence-electron chi connectivity index (χ0n) is 19.1. The first-order valence-corrected chi connectivity index (χ1v) is 11.0. The van der Waals surface area contributed by atoms with E-state index in [2.05, 4.69) is 12.2 Å². The number of methoxy groups -OCH3 is 1. The van der Waals surface area contributed by atoms with Crippen molar-refractivity contribution < 1.29 is 28.8 Å². The average molecular weight is 469 g/mol. The van der Waals surface area contributed by atoms with Crippen molar-refractivity contribution in [3.63, 3.8) is 0 Å². The Labute approximate surface area is 197 Å². The van der Waals surface area contributed by atoms with Gasteiger partial charge in [0.25, 0.3) is 5.69 Å². The third-order valence-corrected chi connectivity index (χ3v) is 5.53. The number of carbonyl (C=O) groups is 3. The summed E-state index contributed by atoms with van der Waals surface area (Å²) in [6.45, 7) is 2.55. The molecule has 2 aromatic rings. The van der Waals surface area contributed by atoms with Crippen LogP contribution in [0.25, 0.3) is 0 Å². The van der Waals surface area contributed by atoms with Gasteiger partial charge in [0.15, 0.2) is 0 Å². The van der Waals surface area contributed by atoms with Gasteiger partial charge >= 0.3 is 5.97 Å². The molecule has 0 spiro atoms. The van der Waals surface area contributed by atoms with E-state index in [0.29, 0.717) is 23.5 Å². The second-order valence-electron chi connectivity index (χ2n) is 7.93. The van der Waals surface area contributed by atoms with Gasteiger partial charge in [0.2, 0.25) is 11.8 Å². The minimum atomic E-state index is -0.615. The molecule has 1 fully saturated rings. The normalized spacial score (nSPS) is 15.2. The predicted molar refractivity (Wildman–Crippen MR) is 125 cm³/mol. The highest BCUT2D eigenvalue weighted by Crippen LogP contribution is 2.36. The summed E-state index contributed by atoms with van der Waals surface area (Å²) in [6, 6.07) is 10.3. The van der Waals surface area contributed by atoms with E-state index < -0.39 is 16.8 Å². The number of ether oxygens (including phenoxy) is 2. The van der Waals surface area contributed by atoms with E-state index in [0.717, 1.165) is 19.3 Å². The van der Waals surface area contributed by atoms with Gasteiger partial charge in [-0.1, -0.05) is 19.8 Å². The number of unbranched alkanes of at least 4 members (excludes halogenated alkanes) is 2. The van der Waals surface area contributed by atoms with Crippen molar-refractivity contribution >= 4 is 34.8 Å². The minimum absolute atomic E-state index is 0.00581. The summed E-state index contributed by atoms with van der Waals surface area (Å²) in [6.07, 6.45) is 2.85. The molecule has 1 saturated heterocycles. The Morgan fingerprint density at radius 3 is 2.56 bits per heavy atom. The first-order chi connectivity index (χ1) is 16.3. The second-order valence-corrected chi connectivity index (χ2v) is 7.93. The van der Waals surface area contributed by atoms with Gasteiger partial charge in [0, 0.05) is 24.7 Å². The topological polar surface area (TPSA) is 128 Å². The Balaban J connectivity index is 1.61. The number of nitro benzene ring substituents is 1. The summed E-state index contributed by atoms with van der Waals surface area (Å²) in [5.74, 6) is -1.47. The van der Waals surface area contributed by atoms with Crippen LogP contribution in [0.5, 0.6) is 5.75 Å². The van der Waals surface area contributed by atoms with E-state index in [1.807, 2.05) is 0 Å². The molecule has 1 N–H and O–H groups in total. The quantitative estimate of drug-likeness (QED) is 0.241. The molecule has 2 aromatic carbocycles. The van der Waals surface area contributed by atoms with Crippen LogP contribution in [-0.2, 0) is 14.3 Å². The van der Waals surface area contributed by atoms with E-state index in [4.69, 9.17) is 9.47 Å². The molecule has 0 aliphatic carbocycles. The molecule has 0 aromatic heterocycles. The molecular formula is C24H27N3O7. The Hall–Kier alpha value is -3.95. The maximum atomic E-state index is 12.8. The van der Waals surface area contributed by atoms with Crippen LogP contribution in [0.4, 0.5) is 17.1 Å². The molecule has 1 aliphatic heterocycles. The van der Waals surface area contributed by atoms with Crippen LogP contribution in [0.2, 0.25) is 0 Å². The Morgan fingerprint density at radius 2 is 1.91 bits per heavy atom. The fraction of sp³-hybridized carbons (Fsp3) is 0.375. The molecule has 34 heavy (non-hydrogen) atoms. The van der Waals surface area contributed by atoms with Crippen molar-refractivity contribution in [2.45, 2.75) is 32.6 Å². The number of nitro groups is 1. The van der Waals surface area contributed by atoms with E-state index in [1.165, 1.54) is 30.2 Å². The smallest absolute Gasteiger partial charge is 0.338 e. The molecule has 180 valence electrons. The number of rotatable bonds is 10. The maximum Gasteiger partial charge on any atom is 0.338 e. The first-order valence-electron chi connectivity index (χ1n) is 11.0. The lowest BCUT2D eigenvalue weighted by Crippen LogP contribution is -2.28.